The number of allylic oxidation sites excluding steroid dienone is 4. The van der Waals surface area contributed by atoms with Crippen LogP contribution < -0.4 is 0 Å². The van der Waals surface area contributed by atoms with E-state index in [1.54, 1.807) is 4.91 Å². The zero-order valence-electron chi connectivity index (χ0n) is 11.3. The van der Waals surface area contributed by atoms with E-state index in [-0.39, 0.29) is 16.8 Å². The van der Waals surface area contributed by atoms with Gasteiger partial charge in [-0.25, -0.2) is 0 Å². The Kier molecular flexibility index (Phi) is 26.4. The number of rotatable bonds is 4. The number of hydrogen-bond acceptors (Lipinski definition) is 5. The van der Waals surface area contributed by atoms with Crippen LogP contribution in [0.3, 0.4) is 0 Å². The van der Waals surface area contributed by atoms with Gasteiger partial charge >= 0.3 is 0 Å². The number of hydroxylamine groups is 4. The van der Waals surface area contributed by atoms with Gasteiger partial charge in [0, 0.05) is 16.8 Å². The van der Waals surface area contributed by atoms with E-state index in [0.29, 0.717) is 22.8 Å². The normalized spacial score (nSPS) is 10.4. The van der Waals surface area contributed by atoms with Crippen LogP contribution in [0.5, 0.6) is 0 Å². The molecule has 0 aromatic rings. The molecular weight excluding hydrogens is 317 g/mol. The molecule has 5 N–H and O–H groups in total. The fourth-order valence-corrected chi connectivity index (χ4v) is 0.289. The summed E-state index contributed by atoms with van der Waals surface area (Å²) in [5.74, 6) is 0. The molecule has 0 spiro atoms. The second-order valence-electron chi connectivity index (χ2n) is 2.84. The summed E-state index contributed by atoms with van der Waals surface area (Å²) in [6.07, 6.45) is 0. The summed E-state index contributed by atoms with van der Waals surface area (Å²) < 4.78 is 0. The summed E-state index contributed by atoms with van der Waals surface area (Å²) in [4.78, 5) is 1.75. The van der Waals surface area contributed by atoms with Crippen molar-refractivity contribution in [1.29, 1.82) is 5.53 Å². The Hall–Kier alpha value is -1.66. The van der Waals surface area contributed by atoms with Crippen LogP contribution >= 0.6 is 0 Å². The van der Waals surface area contributed by atoms with Crippen LogP contribution in [0.25, 0.3) is 32.4 Å². The molecular formula is C8H17CoN7O4-4. The van der Waals surface area contributed by atoms with Crippen LogP contribution in [0.1, 0.15) is 27.7 Å². The molecule has 0 aliphatic rings. The van der Waals surface area contributed by atoms with Crippen LogP contribution in [0.15, 0.2) is 22.8 Å². The third kappa shape index (κ3) is 18.7. The first-order valence-corrected chi connectivity index (χ1v) is 4.62. The molecule has 0 heterocycles. The Balaban J connectivity index is -0.000000103. The predicted octanol–water partition coefficient (Wildman–Crippen LogP) is 4.40. The molecule has 20 heavy (non-hydrogen) atoms. The minimum absolute atomic E-state index is 0. The zero-order valence-corrected chi connectivity index (χ0v) is 12.3. The van der Waals surface area contributed by atoms with Crippen molar-refractivity contribution >= 4 is 0 Å². The van der Waals surface area contributed by atoms with Gasteiger partial charge in [-0.05, 0) is 10.4 Å². The molecule has 12 heteroatoms. The maximum absolute atomic E-state index is 8.03. The Bertz CT molecular complexity index is 279. The van der Waals surface area contributed by atoms with Crippen molar-refractivity contribution in [3.8, 4) is 0 Å². The molecule has 0 atom stereocenters. The van der Waals surface area contributed by atoms with Crippen LogP contribution in [0.2, 0.25) is 0 Å². The minimum atomic E-state index is 0. The van der Waals surface area contributed by atoms with Crippen molar-refractivity contribution in [3.63, 3.8) is 0 Å². The van der Waals surface area contributed by atoms with Crippen molar-refractivity contribution < 1.29 is 37.6 Å². The van der Waals surface area contributed by atoms with E-state index in [0.717, 1.165) is 0 Å². The van der Waals surface area contributed by atoms with Crippen molar-refractivity contribution in [3.05, 3.63) is 55.2 Å². The van der Waals surface area contributed by atoms with Crippen molar-refractivity contribution in [2.45, 2.75) is 27.7 Å². The molecule has 1 radical (unpaired) electrons. The van der Waals surface area contributed by atoms with Gasteiger partial charge in [0.1, 0.15) is 0 Å². The summed E-state index contributed by atoms with van der Waals surface area (Å²) in [6, 6.07) is 0. The summed E-state index contributed by atoms with van der Waals surface area (Å²) in [5, 5.41) is 32.1. The molecule has 0 fully saturated rings. The fraction of sp³-hybridized carbons (Fsp3) is 0.500. The topological polar surface area (TPSA) is 198 Å². The Labute approximate surface area is 126 Å². The van der Waals surface area contributed by atoms with Gasteiger partial charge in [0.15, 0.2) is 0 Å². The van der Waals surface area contributed by atoms with Crippen molar-refractivity contribution in [1.82, 2.24) is 0 Å². The molecule has 0 aromatic heterocycles. The van der Waals surface area contributed by atoms with Gasteiger partial charge in [0.2, 0.25) is 0 Å². The van der Waals surface area contributed by atoms with E-state index >= 15 is 0 Å². The first-order valence-electron chi connectivity index (χ1n) is 4.62. The van der Waals surface area contributed by atoms with E-state index in [2.05, 4.69) is 21.9 Å². The van der Waals surface area contributed by atoms with E-state index in [4.69, 9.17) is 31.9 Å². The van der Waals surface area contributed by atoms with E-state index in [9.17, 15) is 0 Å². The average molecular weight is 334 g/mol. The molecule has 0 bridgehead atoms. The predicted molar refractivity (Wildman–Crippen MR) is 66.8 cm³/mol. The van der Waals surface area contributed by atoms with Crippen LogP contribution in [-0.2, 0) is 16.8 Å². The molecule has 0 amide bonds. The summed E-state index contributed by atoms with van der Waals surface area (Å²) in [7, 11) is 0. The van der Waals surface area contributed by atoms with Crippen LogP contribution in [0.4, 0.5) is 0 Å². The first-order chi connectivity index (χ1) is 8.85. The SMILES string of the molecule is C/C([N-]O)=C(\C)[N-]O.C/C([N-]O)=C(\C)[N-]O.[Co].[N-]=[N+]=N. The molecule has 0 rings (SSSR count). The molecule has 0 saturated heterocycles. The van der Waals surface area contributed by atoms with Gasteiger partial charge in [-0.2, -0.15) is 22.8 Å². The van der Waals surface area contributed by atoms with E-state index < -0.39 is 0 Å². The third-order valence-electron chi connectivity index (χ3n) is 1.65. The molecule has 0 aliphatic carbocycles. The van der Waals surface area contributed by atoms with E-state index in [1.807, 2.05) is 0 Å². The van der Waals surface area contributed by atoms with Gasteiger partial charge in [0.05, 0.1) is 0 Å². The molecule has 121 valence electrons. The summed E-state index contributed by atoms with van der Waals surface area (Å²) >= 11 is 0. The van der Waals surface area contributed by atoms with Crippen LogP contribution in [0, 0.1) is 5.53 Å². The Morgan fingerprint density at radius 1 is 0.750 bits per heavy atom. The summed E-state index contributed by atoms with van der Waals surface area (Å²) in [6.45, 7) is 6.15. The fourth-order valence-electron chi connectivity index (χ4n) is 0.289. The summed E-state index contributed by atoms with van der Waals surface area (Å²) in [5.41, 5.74) is 24.6. The van der Waals surface area contributed by atoms with Crippen LogP contribution in [-0.4, -0.2) is 20.8 Å². The minimum Gasteiger partial charge on any atom is -0.570 e. The van der Waals surface area contributed by atoms with Gasteiger partial charge < -0.3 is 42.7 Å². The monoisotopic (exact) mass is 334 g/mol. The number of nitrogens with zero attached hydrogens (tertiary/aromatic N) is 6. The average Bonchev–Trinajstić information content (AvgIpc) is 2.45. The molecule has 0 unspecified atom stereocenters. The Morgan fingerprint density at radius 2 is 0.850 bits per heavy atom. The van der Waals surface area contributed by atoms with E-state index in [1.165, 1.54) is 27.7 Å². The maximum atomic E-state index is 8.03. The van der Waals surface area contributed by atoms with Gasteiger partial charge in [-0.3, -0.25) is 0 Å². The zero-order chi connectivity index (χ0) is 15.8. The van der Waals surface area contributed by atoms with Crippen molar-refractivity contribution in [2.75, 3.05) is 0 Å². The first kappa shape index (κ1) is 26.8. The number of nitrogens with one attached hydrogen (secondary N) is 1. The molecule has 0 aromatic carbocycles. The quantitative estimate of drug-likeness (QED) is 0.220. The van der Waals surface area contributed by atoms with Gasteiger partial charge in [-0.15, -0.1) is 5.53 Å². The van der Waals surface area contributed by atoms with Gasteiger partial charge in [0.25, 0.3) is 0 Å². The second kappa shape index (κ2) is 19.7. The number of hydrogen-bond donors (Lipinski definition) is 5. The van der Waals surface area contributed by atoms with Gasteiger partial charge in [-0.1, -0.05) is 27.7 Å². The van der Waals surface area contributed by atoms with Crippen molar-refractivity contribution in [2.24, 2.45) is 0 Å². The third-order valence-corrected chi connectivity index (χ3v) is 1.65. The standard InChI is InChI=1S/2C4H8N2O2.Co.HN3/c2*1-3(5-7)4(2)6-8;;1-3-2/h2*7-8H,1-2H3;;1H/q2*-2;;/b2*4-3-;;. The Morgan fingerprint density at radius 3 is 0.900 bits per heavy atom. The smallest absolute Gasteiger partial charge is 0 e. The molecule has 0 aliphatic heterocycles. The maximum Gasteiger partial charge on any atom is 0 e. The molecule has 0 saturated carbocycles. The largest absolute Gasteiger partial charge is 0.570 e. The second-order valence-corrected chi connectivity index (χ2v) is 2.84. The molecule has 11 nitrogen and oxygen atoms in total.